The Morgan fingerprint density at radius 3 is 2.85 bits per heavy atom. The van der Waals surface area contributed by atoms with Crippen LogP contribution >= 0.6 is 15.9 Å². The number of nitrogens with one attached hydrogen (secondary N) is 1. The van der Waals surface area contributed by atoms with Gasteiger partial charge in [0, 0.05) is 43.6 Å². The lowest BCUT2D eigenvalue weighted by atomic mass is 9.97. The lowest BCUT2D eigenvalue weighted by molar-refractivity contribution is 0.00160. The number of hydrogen-bond donors (Lipinski definition) is 1. The molecule has 140 valence electrons. The van der Waals surface area contributed by atoms with E-state index in [1.807, 2.05) is 18.2 Å². The number of furan rings is 1. The molecule has 6 nitrogen and oxygen atoms in total. The Kier molecular flexibility index (Phi) is 5.59. The summed E-state index contributed by atoms with van der Waals surface area (Å²) in [5.41, 5.74) is 0.701. The number of morpholine rings is 1. The van der Waals surface area contributed by atoms with Crippen molar-refractivity contribution in [3.8, 4) is 0 Å². The van der Waals surface area contributed by atoms with Crippen LogP contribution in [-0.4, -0.2) is 62.9 Å². The molecule has 2 aliphatic heterocycles. The van der Waals surface area contributed by atoms with Crippen LogP contribution in [0.2, 0.25) is 0 Å². The Hall–Kier alpha value is -1.41. The molecule has 4 rings (SSSR count). The molecular weight excluding hydrogens is 400 g/mol. The van der Waals surface area contributed by atoms with E-state index < -0.39 is 0 Å². The van der Waals surface area contributed by atoms with Gasteiger partial charge in [0.1, 0.15) is 5.58 Å². The van der Waals surface area contributed by atoms with Crippen molar-refractivity contribution in [1.29, 1.82) is 0 Å². The van der Waals surface area contributed by atoms with E-state index >= 15 is 0 Å². The van der Waals surface area contributed by atoms with Gasteiger partial charge in [-0.2, -0.15) is 0 Å². The van der Waals surface area contributed by atoms with Crippen LogP contribution in [0.1, 0.15) is 17.0 Å². The highest BCUT2D eigenvalue weighted by atomic mass is 79.9. The van der Waals surface area contributed by atoms with Crippen LogP contribution in [0, 0.1) is 5.92 Å². The summed E-state index contributed by atoms with van der Waals surface area (Å²) >= 11 is 3.46. The van der Waals surface area contributed by atoms with Gasteiger partial charge in [-0.25, -0.2) is 0 Å². The number of carbonyl (C=O) groups excluding carboxylic acids is 1. The maximum absolute atomic E-state index is 12.6. The van der Waals surface area contributed by atoms with Gasteiger partial charge in [0.15, 0.2) is 5.76 Å². The molecule has 1 N–H and O–H groups in total. The largest absolute Gasteiger partial charge is 0.450 e. The van der Waals surface area contributed by atoms with Gasteiger partial charge in [-0.15, -0.1) is 0 Å². The number of benzene rings is 1. The Bertz CT molecular complexity index is 766. The number of fused-ring (bicyclic) bond motifs is 1. The van der Waals surface area contributed by atoms with Gasteiger partial charge in [-0.05, 0) is 34.5 Å². The summed E-state index contributed by atoms with van der Waals surface area (Å²) in [6.45, 7) is 5.44. The fourth-order valence-corrected chi connectivity index (χ4v) is 4.25. The van der Waals surface area contributed by atoms with E-state index in [0.29, 0.717) is 23.8 Å². The quantitative estimate of drug-likeness (QED) is 0.802. The highest BCUT2D eigenvalue weighted by molar-refractivity contribution is 9.10. The van der Waals surface area contributed by atoms with Gasteiger partial charge in [-0.3, -0.25) is 9.69 Å². The summed E-state index contributed by atoms with van der Waals surface area (Å²) in [6.07, 6.45) is 1.04. The number of ether oxygens (including phenoxy) is 2. The minimum absolute atomic E-state index is 0.176. The maximum atomic E-state index is 12.6. The Morgan fingerprint density at radius 1 is 1.27 bits per heavy atom. The van der Waals surface area contributed by atoms with Gasteiger partial charge in [0.2, 0.25) is 0 Å². The minimum Gasteiger partial charge on any atom is -0.450 e. The first kappa shape index (κ1) is 18.0. The van der Waals surface area contributed by atoms with Gasteiger partial charge in [-0.1, -0.05) is 12.1 Å². The van der Waals surface area contributed by atoms with Crippen LogP contribution in [-0.2, 0) is 9.47 Å². The standard InChI is InChI=1S/C19H23BrN2O4/c20-15-3-1-2-13-10-17(26-18(13)15)19(23)21-11-16(14-4-7-25-12-14)22-5-8-24-9-6-22/h1-3,10,14,16H,4-9,11-12H2,(H,21,23). The number of amides is 1. The summed E-state index contributed by atoms with van der Waals surface area (Å²) < 4.78 is 17.6. The summed E-state index contributed by atoms with van der Waals surface area (Å²) in [4.78, 5) is 15.0. The molecule has 0 radical (unpaired) electrons. The first-order valence-corrected chi connectivity index (χ1v) is 9.87. The number of rotatable bonds is 5. The third-order valence-electron chi connectivity index (χ3n) is 5.22. The van der Waals surface area contributed by atoms with Crippen molar-refractivity contribution < 1.29 is 18.7 Å². The maximum Gasteiger partial charge on any atom is 0.287 e. The fraction of sp³-hybridized carbons (Fsp3) is 0.526. The smallest absolute Gasteiger partial charge is 0.287 e. The number of carbonyl (C=O) groups is 1. The number of hydrogen-bond acceptors (Lipinski definition) is 5. The Labute approximate surface area is 160 Å². The second-order valence-electron chi connectivity index (χ2n) is 6.82. The lowest BCUT2D eigenvalue weighted by Gasteiger charge is -2.37. The molecule has 1 aromatic heterocycles. The molecule has 3 heterocycles. The van der Waals surface area contributed by atoms with Gasteiger partial charge in [0.05, 0.1) is 24.3 Å². The van der Waals surface area contributed by atoms with Gasteiger partial charge in [0.25, 0.3) is 5.91 Å². The van der Waals surface area contributed by atoms with Gasteiger partial charge < -0.3 is 19.2 Å². The van der Waals surface area contributed by atoms with Crippen LogP contribution in [0.4, 0.5) is 0 Å². The van der Waals surface area contributed by atoms with Crippen molar-refractivity contribution in [1.82, 2.24) is 10.2 Å². The van der Waals surface area contributed by atoms with E-state index in [0.717, 1.165) is 55.8 Å². The zero-order valence-corrected chi connectivity index (χ0v) is 16.2. The van der Waals surface area contributed by atoms with E-state index in [2.05, 4.69) is 26.1 Å². The first-order chi connectivity index (χ1) is 12.7. The summed E-state index contributed by atoms with van der Waals surface area (Å²) in [6, 6.07) is 7.83. The average molecular weight is 423 g/mol. The van der Waals surface area contributed by atoms with Crippen LogP contribution in [0.3, 0.4) is 0 Å². The van der Waals surface area contributed by atoms with Crippen molar-refractivity contribution in [2.75, 3.05) is 46.1 Å². The third kappa shape index (κ3) is 3.81. The van der Waals surface area contributed by atoms with E-state index in [1.165, 1.54) is 0 Å². The molecule has 2 unspecified atom stereocenters. The minimum atomic E-state index is -0.176. The molecule has 2 atom stereocenters. The number of halogens is 1. The molecule has 1 amide bonds. The molecule has 2 saturated heterocycles. The zero-order chi connectivity index (χ0) is 17.9. The second-order valence-corrected chi connectivity index (χ2v) is 7.67. The zero-order valence-electron chi connectivity index (χ0n) is 14.6. The van der Waals surface area contributed by atoms with E-state index in [4.69, 9.17) is 13.9 Å². The van der Waals surface area contributed by atoms with E-state index in [-0.39, 0.29) is 11.9 Å². The normalized spacial score (nSPS) is 22.6. The predicted octanol–water partition coefficient (Wildman–Crippen LogP) is 2.66. The molecule has 0 saturated carbocycles. The third-order valence-corrected chi connectivity index (χ3v) is 5.84. The average Bonchev–Trinajstić information content (AvgIpc) is 3.33. The molecule has 1 aromatic carbocycles. The summed E-state index contributed by atoms with van der Waals surface area (Å²) in [5, 5.41) is 3.98. The highest BCUT2D eigenvalue weighted by Crippen LogP contribution is 2.27. The molecular formula is C19H23BrN2O4. The molecule has 2 aromatic rings. The first-order valence-electron chi connectivity index (χ1n) is 9.08. The van der Waals surface area contributed by atoms with Crippen LogP contribution in [0.5, 0.6) is 0 Å². The second kappa shape index (κ2) is 8.08. The number of nitrogens with zero attached hydrogens (tertiary/aromatic N) is 1. The van der Waals surface area contributed by atoms with E-state index in [1.54, 1.807) is 6.07 Å². The topological polar surface area (TPSA) is 63.9 Å². The summed E-state index contributed by atoms with van der Waals surface area (Å²) in [7, 11) is 0. The molecule has 26 heavy (non-hydrogen) atoms. The lowest BCUT2D eigenvalue weighted by Crippen LogP contribution is -2.52. The number of para-hydroxylation sites is 1. The van der Waals surface area contributed by atoms with Gasteiger partial charge >= 0.3 is 0 Å². The van der Waals surface area contributed by atoms with Crippen LogP contribution in [0.25, 0.3) is 11.0 Å². The molecule has 2 aliphatic rings. The monoisotopic (exact) mass is 422 g/mol. The Morgan fingerprint density at radius 2 is 2.12 bits per heavy atom. The Balaban J connectivity index is 1.45. The molecule has 0 aliphatic carbocycles. The van der Waals surface area contributed by atoms with Crippen molar-refractivity contribution in [3.63, 3.8) is 0 Å². The van der Waals surface area contributed by atoms with E-state index in [9.17, 15) is 4.79 Å². The fourth-order valence-electron chi connectivity index (χ4n) is 3.78. The SMILES string of the molecule is O=C(NCC(C1CCOC1)N1CCOCC1)c1cc2cccc(Br)c2o1. The summed E-state index contributed by atoms with van der Waals surface area (Å²) in [5.74, 6) is 0.610. The van der Waals surface area contributed by atoms with Crippen molar-refractivity contribution in [2.45, 2.75) is 12.5 Å². The van der Waals surface area contributed by atoms with Crippen LogP contribution < -0.4 is 5.32 Å². The molecule has 2 fully saturated rings. The molecule has 7 heteroatoms. The van der Waals surface area contributed by atoms with Crippen molar-refractivity contribution in [2.24, 2.45) is 5.92 Å². The molecule has 0 spiro atoms. The van der Waals surface area contributed by atoms with Crippen molar-refractivity contribution in [3.05, 3.63) is 34.5 Å². The predicted molar refractivity (Wildman–Crippen MR) is 101 cm³/mol. The highest BCUT2D eigenvalue weighted by Gasteiger charge is 2.32. The van der Waals surface area contributed by atoms with Crippen molar-refractivity contribution >= 4 is 32.8 Å². The molecule has 0 bridgehead atoms. The van der Waals surface area contributed by atoms with Crippen LogP contribution in [0.15, 0.2) is 33.2 Å².